The highest BCUT2D eigenvalue weighted by molar-refractivity contribution is 7.89. The number of hydrogen-bond acceptors (Lipinski definition) is 4. The van der Waals surface area contributed by atoms with Crippen LogP contribution >= 0.6 is 11.3 Å². The van der Waals surface area contributed by atoms with Gasteiger partial charge in [0, 0.05) is 17.5 Å². The number of nitrogens with one attached hydrogen (secondary N) is 2. The van der Waals surface area contributed by atoms with Crippen molar-refractivity contribution in [3.63, 3.8) is 0 Å². The third-order valence-corrected chi connectivity index (χ3v) is 6.10. The Kier molecular flexibility index (Phi) is 5.98. The van der Waals surface area contributed by atoms with Gasteiger partial charge in [-0.1, -0.05) is 20.8 Å². The quantitative estimate of drug-likeness (QED) is 0.813. The van der Waals surface area contributed by atoms with Gasteiger partial charge in [-0.25, -0.2) is 13.1 Å². The fraction of sp³-hybridized carbons (Fsp3) is 0.692. The average Bonchev–Trinajstić information content (AvgIpc) is 2.68. The van der Waals surface area contributed by atoms with E-state index in [1.807, 2.05) is 40.1 Å². The predicted molar refractivity (Wildman–Crippen MR) is 81.1 cm³/mol. The van der Waals surface area contributed by atoms with Gasteiger partial charge in [0.05, 0.1) is 0 Å². The fourth-order valence-corrected chi connectivity index (χ4v) is 5.37. The zero-order chi connectivity index (χ0) is 14.6. The lowest BCUT2D eigenvalue weighted by atomic mass is 10.0. The van der Waals surface area contributed by atoms with Crippen LogP contribution < -0.4 is 10.0 Å². The lowest BCUT2D eigenvalue weighted by Crippen LogP contribution is -2.38. The van der Waals surface area contributed by atoms with Crippen molar-refractivity contribution in [1.29, 1.82) is 0 Å². The highest BCUT2D eigenvalue weighted by Crippen LogP contribution is 2.27. The number of aryl methyl sites for hydroxylation is 1. The number of rotatable bonds is 7. The van der Waals surface area contributed by atoms with E-state index in [-0.39, 0.29) is 12.0 Å². The molecule has 19 heavy (non-hydrogen) atoms. The summed E-state index contributed by atoms with van der Waals surface area (Å²) in [7, 11) is -1.62. The second kappa shape index (κ2) is 6.83. The molecule has 1 heterocycles. The Labute approximate surface area is 120 Å². The summed E-state index contributed by atoms with van der Waals surface area (Å²) in [5, 5.41) is 4.92. The van der Waals surface area contributed by atoms with Crippen LogP contribution in [0.5, 0.6) is 0 Å². The molecule has 0 amide bonds. The molecule has 4 nitrogen and oxygen atoms in total. The third kappa shape index (κ3) is 4.02. The summed E-state index contributed by atoms with van der Waals surface area (Å²) < 4.78 is 27.9. The largest absolute Gasteiger partial charge is 0.315 e. The Morgan fingerprint density at radius 3 is 2.47 bits per heavy atom. The molecule has 0 aliphatic rings. The lowest BCUT2D eigenvalue weighted by molar-refractivity contribution is 0.437. The zero-order valence-electron chi connectivity index (χ0n) is 12.3. The minimum absolute atomic E-state index is 0.0215. The molecule has 1 aromatic heterocycles. The van der Waals surface area contributed by atoms with E-state index in [2.05, 4.69) is 10.0 Å². The Morgan fingerprint density at radius 1 is 1.37 bits per heavy atom. The van der Waals surface area contributed by atoms with E-state index >= 15 is 0 Å². The molecule has 1 aromatic rings. The van der Waals surface area contributed by atoms with Crippen molar-refractivity contribution in [2.45, 2.75) is 51.6 Å². The highest BCUT2D eigenvalue weighted by atomic mass is 32.2. The molecule has 1 atom stereocenters. The Morgan fingerprint density at radius 2 is 2.00 bits per heavy atom. The maximum absolute atomic E-state index is 12.6. The summed E-state index contributed by atoms with van der Waals surface area (Å²) in [4.78, 5) is 1.32. The molecule has 0 fully saturated rings. The summed E-state index contributed by atoms with van der Waals surface area (Å²) in [6.07, 6.45) is 0.793. The number of hydrogen-bond donors (Lipinski definition) is 2. The van der Waals surface area contributed by atoms with E-state index in [0.29, 0.717) is 11.4 Å². The van der Waals surface area contributed by atoms with Gasteiger partial charge in [-0.05, 0) is 37.3 Å². The summed E-state index contributed by atoms with van der Waals surface area (Å²) in [5.41, 5.74) is 0.821. The molecule has 6 heteroatoms. The second-order valence-corrected chi connectivity index (χ2v) is 7.70. The Hall–Kier alpha value is -0.430. The molecule has 0 bridgehead atoms. The summed E-state index contributed by atoms with van der Waals surface area (Å²) in [6.45, 7) is 8.49. The van der Waals surface area contributed by atoms with Gasteiger partial charge >= 0.3 is 0 Å². The predicted octanol–water partition coefficient (Wildman–Crippen LogP) is 2.49. The average molecular weight is 304 g/mol. The maximum atomic E-state index is 12.6. The van der Waals surface area contributed by atoms with Crippen molar-refractivity contribution in [2.75, 3.05) is 7.05 Å². The monoisotopic (exact) mass is 304 g/mol. The first-order chi connectivity index (χ1) is 8.83. The third-order valence-electron chi connectivity index (χ3n) is 3.15. The van der Waals surface area contributed by atoms with Crippen LogP contribution in [0.1, 0.15) is 37.6 Å². The van der Waals surface area contributed by atoms with Crippen molar-refractivity contribution in [3.8, 4) is 0 Å². The molecule has 0 spiro atoms. The molecule has 1 unspecified atom stereocenters. The molecule has 2 N–H and O–H groups in total. The molecule has 0 saturated carbocycles. The van der Waals surface area contributed by atoms with Crippen LogP contribution in [-0.4, -0.2) is 21.5 Å². The number of thiophene rings is 1. The highest BCUT2D eigenvalue weighted by Gasteiger charge is 2.26. The van der Waals surface area contributed by atoms with Crippen LogP contribution in [0.3, 0.4) is 0 Å². The van der Waals surface area contributed by atoms with Crippen LogP contribution in [0.2, 0.25) is 0 Å². The van der Waals surface area contributed by atoms with E-state index in [9.17, 15) is 8.42 Å². The minimum atomic E-state index is -3.44. The van der Waals surface area contributed by atoms with E-state index < -0.39 is 10.0 Å². The Balaban J connectivity index is 3.09. The summed E-state index contributed by atoms with van der Waals surface area (Å²) >= 11 is 1.49. The molecular weight excluding hydrogens is 280 g/mol. The van der Waals surface area contributed by atoms with Crippen molar-refractivity contribution >= 4 is 21.4 Å². The topological polar surface area (TPSA) is 58.2 Å². The normalized spacial score (nSPS) is 14.0. The van der Waals surface area contributed by atoms with Gasteiger partial charge in [0.2, 0.25) is 10.0 Å². The van der Waals surface area contributed by atoms with E-state index in [4.69, 9.17) is 0 Å². The SMILES string of the molecule is CCC(NS(=O)(=O)c1c(C)csc1CNC)C(C)C. The van der Waals surface area contributed by atoms with Crippen LogP contribution in [0.25, 0.3) is 0 Å². The lowest BCUT2D eigenvalue weighted by Gasteiger charge is -2.21. The van der Waals surface area contributed by atoms with Crippen molar-refractivity contribution in [2.24, 2.45) is 5.92 Å². The first-order valence-corrected chi connectivity index (χ1v) is 8.93. The van der Waals surface area contributed by atoms with Gasteiger partial charge in [-0.2, -0.15) is 0 Å². The van der Waals surface area contributed by atoms with Gasteiger partial charge < -0.3 is 5.32 Å². The van der Waals surface area contributed by atoms with Gasteiger partial charge in [0.25, 0.3) is 0 Å². The van der Waals surface area contributed by atoms with Gasteiger partial charge in [0.1, 0.15) is 4.90 Å². The van der Waals surface area contributed by atoms with E-state index in [0.717, 1.165) is 16.9 Å². The van der Waals surface area contributed by atoms with Gasteiger partial charge in [-0.15, -0.1) is 11.3 Å². The minimum Gasteiger partial charge on any atom is -0.315 e. The second-order valence-electron chi connectivity index (χ2n) is 5.08. The first kappa shape index (κ1) is 16.6. The van der Waals surface area contributed by atoms with Crippen LogP contribution in [0, 0.1) is 12.8 Å². The van der Waals surface area contributed by atoms with E-state index in [1.165, 1.54) is 11.3 Å². The van der Waals surface area contributed by atoms with E-state index in [1.54, 1.807) is 0 Å². The summed E-state index contributed by atoms with van der Waals surface area (Å²) in [6, 6.07) is -0.0215. The van der Waals surface area contributed by atoms with Gasteiger partial charge in [0.15, 0.2) is 0 Å². The van der Waals surface area contributed by atoms with Crippen molar-refractivity contribution < 1.29 is 8.42 Å². The molecule has 110 valence electrons. The molecular formula is C13H24N2O2S2. The fourth-order valence-electron chi connectivity index (χ4n) is 2.08. The van der Waals surface area contributed by atoms with Gasteiger partial charge in [-0.3, -0.25) is 0 Å². The molecule has 1 rings (SSSR count). The maximum Gasteiger partial charge on any atom is 0.242 e. The van der Waals surface area contributed by atoms with Crippen LogP contribution in [0.15, 0.2) is 10.3 Å². The molecule has 0 aliphatic heterocycles. The Bertz CT molecular complexity index is 507. The summed E-state index contributed by atoms with van der Waals surface area (Å²) in [5.74, 6) is 0.284. The molecule has 0 radical (unpaired) electrons. The molecule has 0 saturated heterocycles. The molecule has 0 aliphatic carbocycles. The first-order valence-electron chi connectivity index (χ1n) is 6.57. The van der Waals surface area contributed by atoms with Crippen molar-refractivity contribution in [3.05, 3.63) is 15.8 Å². The number of sulfonamides is 1. The standard InChI is InChI=1S/C13H24N2O2S2/c1-6-11(9(2)3)15-19(16,17)13-10(4)8-18-12(13)7-14-5/h8-9,11,14-15H,6-7H2,1-5H3. The van der Waals surface area contributed by atoms with Crippen LogP contribution in [0.4, 0.5) is 0 Å². The molecule has 0 aromatic carbocycles. The van der Waals surface area contributed by atoms with Crippen LogP contribution in [-0.2, 0) is 16.6 Å². The zero-order valence-corrected chi connectivity index (χ0v) is 13.9. The van der Waals surface area contributed by atoms with Crippen molar-refractivity contribution in [1.82, 2.24) is 10.0 Å². The smallest absolute Gasteiger partial charge is 0.242 e.